The highest BCUT2D eigenvalue weighted by Gasteiger charge is 2.34. The van der Waals surface area contributed by atoms with Crippen molar-refractivity contribution < 1.29 is 9.59 Å². The summed E-state index contributed by atoms with van der Waals surface area (Å²) in [5.41, 5.74) is 2.34. The molecule has 2 aromatic carbocycles. The number of likely N-dealkylation sites (tertiary alicyclic amines) is 1. The van der Waals surface area contributed by atoms with Crippen LogP contribution >= 0.6 is 11.6 Å². The first kappa shape index (κ1) is 16.5. The highest BCUT2D eigenvalue weighted by Crippen LogP contribution is 2.23. The number of carbonyl (C=O) groups is 2. The number of anilines is 1. The number of benzene rings is 2. The van der Waals surface area contributed by atoms with E-state index in [1.807, 2.05) is 31.2 Å². The first-order valence-corrected chi connectivity index (χ1v) is 8.37. The van der Waals surface area contributed by atoms with Gasteiger partial charge in [0.1, 0.15) is 6.04 Å². The SMILES string of the molecule is Cc1ccccc1NC(=O)C1CCCN1C(=O)c1ccc(Cl)cc1. The Morgan fingerprint density at radius 2 is 1.83 bits per heavy atom. The van der Waals surface area contributed by atoms with Crippen LogP contribution in [0.15, 0.2) is 48.5 Å². The molecule has 1 aliphatic heterocycles. The van der Waals surface area contributed by atoms with E-state index in [1.165, 1.54) is 0 Å². The molecule has 0 aliphatic carbocycles. The molecule has 124 valence electrons. The van der Waals surface area contributed by atoms with Crippen LogP contribution in [0.25, 0.3) is 0 Å². The van der Waals surface area contributed by atoms with E-state index >= 15 is 0 Å². The summed E-state index contributed by atoms with van der Waals surface area (Å²) in [6.07, 6.45) is 1.50. The maximum atomic E-state index is 12.7. The van der Waals surface area contributed by atoms with Crippen LogP contribution in [-0.2, 0) is 4.79 Å². The van der Waals surface area contributed by atoms with E-state index in [1.54, 1.807) is 29.2 Å². The average Bonchev–Trinajstić information content (AvgIpc) is 3.07. The van der Waals surface area contributed by atoms with Crippen LogP contribution in [0.5, 0.6) is 0 Å². The highest BCUT2D eigenvalue weighted by molar-refractivity contribution is 6.30. The van der Waals surface area contributed by atoms with Crippen molar-refractivity contribution >= 4 is 29.1 Å². The molecule has 0 aromatic heterocycles. The Bertz CT molecular complexity index is 758. The Kier molecular flexibility index (Phi) is 4.86. The lowest BCUT2D eigenvalue weighted by molar-refractivity contribution is -0.119. The second kappa shape index (κ2) is 7.05. The molecule has 0 saturated carbocycles. The fraction of sp³-hybridized carbons (Fsp3) is 0.263. The molecule has 1 aliphatic rings. The normalized spacial score (nSPS) is 16.9. The molecule has 0 bridgehead atoms. The second-order valence-corrected chi connectivity index (χ2v) is 6.40. The van der Waals surface area contributed by atoms with Crippen LogP contribution in [-0.4, -0.2) is 29.3 Å². The molecule has 1 unspecified atom stereocenters. The predicted molar refractivity (Wildman–Crippen MR) is 95.3 cm³/mol. The lowest BCUT2D eigenvalue weighted by Crippen LogP contribution is -2.43. The largest absolute Gasteiger partial charge is 0.327 e. The van der Waals surface area contributed by atoms with Gasteiger partial charge in [0.2, 0.25) is 5.91 Å². The standard InChI is InChI=1S/C19H19ClN2O2/c1-13-5-2-3-6-16(13)21-18(23)17-7-4-12-22(17)19(24)14-8-10-15(20)11-9-14/h2-3,5-6,8-11,17H,4,7,12H2,1H3,(H,21,23). The van der Waals surface area contributed by atoms with Gasteiger partial charge in [-0.25, -0.2) is 0 Å². The number of amides is 2. The van der Waals surface area contributed by atoms with E-state index in [0.717, 1.165) is 17.7 Å². The smallest absolute Gasteiger partial charge is 0.254 e. The Labute approximate surface area is 146 Å². The summed E-state index contributed by atoms with van der Waals surface area (Å²) in [5.74, 6) is -0.266. The van der Waals surface area contributed by atoms with Gasteiger partial charge in [0.05, 0.1) is 0 Å². The van der Waals surface area contributed by atoms with Gasteiger partial charge in [-0.2, -0.15) is 0 Å². The Balaban J connectivity index is 1.75. The minimum absolute atomic E-state index is 0.130. The summed E-state index contributed by atoms with van der Waals surface area (Å²) in [7, 11) is 0. The maximum Gasteiger partial charge on any atom is 0.254 e. The molecule has 1 atom stereocenters. The molecular weight excluding hydrogens is 324 g/mol. The first-order chi connectivity index (χ1) is 11.6. The molecule has 2 aromatic rings. The quantitative estimate of drug-likeness (QED) is 0.919. The van der Waals surface area contributed by atoms with Crippen molar-refractivity contribution in [2.24, 2.45) is 0 Å². The summed E-state index contributed by atoms with van der Waals surface area (Å²) in [4.78, 5) is 27.0. The van der Waals surface area contributed by atoms with Gasteiger partial charge >= 0.3 is 0 Å². The molecule has 5 heteroatoms. The minimum atomic E-state index is -0.437. The molecule has 4 nitrogen and oxygen atoms in total. The number of nitrogens with zero attached hydrogens (tertiary/aromatic N) is 1. The van der Waals surface area contributed by atoms with Crippen molar-refractivity contribution in [2.45, 2.75) is 25.8 Å². The lowest BCUT2D eigenvalue weighted by atomic mass is 10.1. The van der Waals surface area contributed by atoms with Gasteiger partial charge in [-0.3, -0.25) is 9.59 Å². The van der Waals surface area contributed by atoms with E-state index in [0.29, 0.717) is 23.6 Å². The predicted octanol–water partition coefficient (Wildman–Crippen LogP) is 3.89. The molecule has 1 saturated heterocycles. The lowest BCUT2D eigenvalue weighted by Gasteiger charge is -2.24. The van der Waals surface area contributed by atoms with E-state index in [-0.39, 0.29) is 11.8 Å². The zero-order chi connectivity index (χ0) is 17.1. The molecular formula is C19H19ClN2O2. The van der Waals surface area contributed by atoms with Crippen LogP contribution in [0.4, 0.5) is 5.69 Å². The molecule has 24 heavy (non-hydrogen) atoms. The Morgan fingerprint density at radius 1 is 1.12 bits per heavy atom. The summed E-state index contributed by atoms with van der Waals surface area (Å²) >= 11 is 5.87. The average molecular weight is 343 g/mol. The summed E-state index contributed by atoms with van der Waals surface area (Å²) in [5, 5.41) is 3.53. The van der Waals surface area contributed by atoms with Gasteiger partial charge < -0.3 is 10.2 Å². The van der Waals surface area contributed by atoms with Gasteiger partial charge in [0.25, 0.3) is 5.91 Å². The highest BCUT2D eigenvalue weighted by atomic mass is 35.5. The third-order valence-electron chi connectivity index (χ3n) is 4.31. The van der Waals surface area contributed by atoms with Crippen molar-refractivity contribution in [3.05, 3.63) is 64.7 Å². The van der Waals surface area contributed by atoms with Crippen LogP contribution in [0, 0.1) is 6.92 Å². The minimum Gasteiger partial charge on any atom is -0.327 e. The van der Waals surface area contributed by atoms with Crippen molar-refractivity contribution in [3.8, 4) is 0 Å². The van der Waals surface area contributed by atoms with Crippen LogP contribution in [0.1, 0.15) is 28.8 Å². The van der Waals surface area contributed by atoms with Gasteiger partial charge in [0.15, 0.2) is 0 Å². The third kappa shape index (κ3) is 3.44. The van der Waals surface area contributed by atoms with Crippen LogP contribution < -0.4 is 5.32 Å². The molecule has 0 radical (unpaired) electrons. The monoisotopic (exact) mass is 342 g/mol. The van der Waals surface area contributed by atoms with Gasteiger partial charge in [0, 0.05) is 22.8 Å². The number of aryl methyl sites for hydroxylation is 1. The fourth-order valence-electron chi connectivity index (χ4n) is 2.97. The number of halogens is 1. The maximum absolute atomic E-state index is 12.7. The van der Waals surface area contributed by atoms with E-state index in [2.05, 4.69) is 5.32 Å². The van der Waals surface area contributed by atoms with Crippen molar-refractivity contribution in [2.75, 3.05) is 11.9 Å². The van der Waals surface area contributed by atoms with E-state index in [9.17, 15) is 9.59 Å². The molecule has 3 rings (SSSR count). The summed E-state index contributed by atoms with van der Waals surface area (Å²) < 4.78 is 0. The van der Waals surface area contributed by atoms with Crippen molar-refractivity contribution in [1.82, 2.24) is 4.90 Å². The van der Waals surface area contributed by atoms with Crippen LogP contribution in [0.3, 0.4) is 0 Å². The number of para-hydroxylation sites is 1. The van der Waals surface area contributed by atoms with E-state index in [4.69, 9.17) is 11.6 Å². The molecule has 0 spiro atoms. The third-order valence-corrected chi connectivity index (χ3v) is 4.56. The molecule has 2 amide bonds. The number of nitrogens with one attached hydrogen (secondary N) is 1. The summed E-state index contributed by atoms with van der Waals surface area (Å²) in [6, 6.07) is 14.0. The summed E-state index contributed by atoms with van der Waals surface area (Å²) in [6.45, 7) is 2.54. The fourth-order valence-corrected chi connectivity index (χ4v) is 3.10. The van der Waals surface area contributed by atoms with Crippen molar-refractivity contribution in [3.63, 3.8) is 0 Å². The Hall–Kier alpha value is -2.33. The number of carbonyl (C=O) groups excluding carboxylic acids is 2. The molecule has 1 N–H and O–H groups in total. The van der Waals surface area contributed by atoms with Gasteiger partial charge in [-0.05, 0) is 55.7 Å². The van der Waals surface area contributed by atoms with E-state index < -0.39 is 6.04 Å². The van der Waals surface area contributed by atoms with Crippen LogP contribution in [0.2, 0.25) is 5.02 Å². The zero-order valence-corrected chi connectivity index (χ0v) is 14.2. The first-order valence-electron chi connectivity index (χ1n) is 7.99. The zero-order valence-electron chi connectivity index (χ0n) is 13.5. The second-order valence-electron chi connectivity index (χ2n) is 5.97. The molecule has 1 fully saturated rings. The van der Waals surface area contributed by atoms with Gasteiger partial charge in [-0.1, -0.05) is 29.8 Å². The number of hydrogen-bond donors (Lipinski definition) is 1. The Morgan fingerprint density at radius 3 is 2.54 bits per heavy atom. The topological polar surface area (TPSA) is 49.4 Å². The number of hydrogen-bond acceptors (Lipinski definition) is 2. The van der Waals surface area contributed by atoms with Gasteiger partial charge in [-0.15, -0.1) is 0 Å². The van der Waals surface area contributed by atoms with Crippen molar-refractivity contribution in [1.29, 1.82) is 0 Å². The molecule has 1 heterocycles. The number of rotatable bonds is 3.